The maximum absolute atomic E-state index is 9.71. The summed E-state index contributed by atoms with van der Waals surface area (Å²) < 4.78 is 10.7. The molecule has 0 unspecified atom stereocenters. The summed E-state index contributed by atoms with van der Waals surface area (Å²) in [4.78, 5) is 3.88. The fourth-order valence-electron chi connectivity index (χ4n) is 1.57. The van der Waals surface area contributed by atoms with Crippen molar-refractivity contribution in [3.8, 4) is 17.6 Å². The van der Waals surface area contributed by atoms with Crippen molar-refractivity contribution in [1.29, 1.82) is 5.26 Å². The largest absolute Gasteiger partial charge is 0.503 e. The van der Waals surface area contributed by atoms with E-state index in [1.165, 1.54) is 13.3 Å². The van der Waals surface area contributed by atoms with Crippen LogP contribution in [0.5, 0.6) is 11.5 Å². The zero-order valence-corrected chi connectivity index (χ0v) is 12.8. The number of nitrogens with zero attached hydrogens (tertiary/aromatic N) is 3. The smallest absolute Gasteiger partial charge is 0.252 e. The molecule has 108 valence electrons. The maximum atomic E-state index is 9.71. The molecule has 0 atom stereocenters. The van der Waals surface area contributed by atoms with Crippen molar-refractivity contribution in [3.63, 3.8) is 0 Å². The van der Waals surface area contributed by atoms with Crippen molar-refractivity contribution in [2.75, 3.05) is 12.5 Å². The van der Waals surface area contributed by atoms with Crippen LogP contribution >= 0.6 is 15.9 Å². The van der Waals surface area contributed by atoms with Crippen LogP contribution in [0.15, 0.2) is 26.1 Å². The van der Waals surface area contributed by atoms with Gasteiger partial charge in [0.05, 0.1) is 17.8 Å². The van der Waals surface area contributed by atoms with Crippen molar-refractivity contribution in [2.45, 2.75) is 6.92 Å². The number of phenols is 1. The summed E-state index contributed by atoms with van der Waals surface area (Å²) in [7, 11) is 1.46. The molecule has 0 saturated carbocycles. The van der Waals surface area contributed by atoms with E-state index in [4.69, 9.17) is 14.4 Å². The highest BCUT2D eigenvalue weighted by Gasteiger charge is 2.10. The molecular formula is C13H11BrN4O3. The molecule has 0 fully saturated rings. The first-order chi connectivity index (χ1) is 10.0. The summed E-state index contributed by atoms with van der Waals surface area (Å²) in [6.07, 6.45) is 1.49. The molecule has 0 amide bonds. The van der Waals surface area contributed by atoms with E-state index in [0.29, 0.717) is 21.7 Å². The van der Waals surface area contributed by atoms with E-state index in [0.717, 1.165) is 0 Å². The van der Waals surface area contributed by atoms with Gasteiger partial charge in [-0.3, -0.25) is 0 Å². The van der Waals surface area contributed by atoms with Gasteiger partial charge in [0.15, 0.2) is 17.4 Å². The summed E-state index contributed by atoms with van der Waals surface area (Å²) in [6, 6.07) is 5.18. The summed E-state index contributed by atoms with van der Waals surface area (Å²) in [5.74, 6) is 0.883. The van der Waals surface area contributed by atoms with Crippen molar-refractivity contribution in [1.82, 2.24) is 4.98 Å². The molecule has 1 aromatic heterocycles. The first kappa shape index (κ1) is 14.9. The topological polar surface area (TPSA) is 104 Å². The minimum atomic E-state index is 0.0141. The van der Waals surface area contributed by atoms with E-state index in [2.05, 4.69) is 31.4 Å². The highest BCUT2D eigenvalue weighted by atomic mass is 79.9. The van der Waals surface area contributed by atoms with Gasteiger partial charge in [0.25, 0.3) is 5.88 Å². The fraction of sp³-hybridized carbons (Fsp3) is 0.154. The Morgan fingerprint density at radius 2 is 2.33 bits per heavy atom. The second-order valence-electron chi connectivity index (χ2n) is 3.95. The van der Waals surface area contributed by atoms with Gasteiger partial charge in [-0.1, -0.05) is 0 Å². The van der Waals surface area contributed by atoms with Crippen molar-refractivity contribution >= 4 is 28.0 Å². The van der Waals surface area contributed by atoms with E-state index >= 15 is 0 Å². The third kappa shape index (κ3) is 3.32. The lowest BCUT2D eigenvalue weighted by atomic mass is 10.2. The predicted octanol–water partition coefficient (Wildman–Crippen LogP) is 2.78. The molecule has 0 radical (unpaired) electrons. The molecule has 0 aliphatic rings. The van der Waals surface area contributed by atoms with E-state index in [9.17, 15) is 5.11 Å². The van der Waals surface area contributed by atoms with Crippen molar-refractivity contribution < 1.29 is 14.3 Å². The van der Waals surface area contributed by atoms with Crippen LogP contribution in [0, 0.1) is 18.3 Å². The Morgan fingerprint density at radius 3 is 3.00 bits per heavy atom. The summed E-state index contributed by atoms with van der Waals surface area (Å²) in [6.45, 7) is 1.64. The summed E-state index contributed by atoms with van der Waals surface area (Å²) in [5, 5.41) is 22.5. The lowest BCUT2D eigenvalue weighted by Crippen LogP contribution is -1.93. The second-order valence-corrected chi connectivity index (χ2v) is 4.80. The van der Waals surface area contributed by atoms with Crippen LogP contribution in [0.3, 0.4) is 0 Å². The highest BCUT2D eigenvalue weighted by Crippen LogP contribution is 2.34. The molecular weight excluding hydrogens is 340 g/mol. The number of aromatic nitrogens is 1. The van der Waals surface area contributed by atoms with Gasteiger partial charge in [-0.15, -0.1) is 0 Å². The lowest BCUT2D eigenvalue weighted by molar-refractivity contribution is 0.372. The lowest BCUT2D eigenvalue weighted by Gasteiger charge is -2.06. The first-order valence-corrected chi connectivity index (χ1v) is 6.57. The number of hydrogen-bond donors (Lipinski definition) is 2. The monoisotopic (exact) mass is 350 g/mol. The molecule has 8 heteroatoms. The van der Waals surface area contributed by atoms with Crippen LogP contribution in [0.2, 0.25) is 0 Å². The minimum absolute atomic E-state index is 0.0141. The molecule has 0 spiro atoms. The zero-order chi connectivity index (χ0) is 15.4. The van der Waals surface area contributed by atoms with Crippen LogP contribution in [-0.2, 0) is 0 Å². The molecule has 0 aliphatic heterocycles. The van der Waals surface area contributed by atoms with E-state index < -0.39 is 0 Å². The molecule has 2 N–H and O–H groups in total. The van der Waals surface area contributed by atoms with Crippen molar-refractivity contribution in [3.05, 3.63) is 33.8 Å². The number of hydrogen-bond acceptors (Lipinski definition) is 7. The number of methoxy groups -OCH3 is 1. The number of hydrazone groups is 1. The normalized spacial score (nSPS) is 10.6. The molecule has 2 rings (SSSR count). The van der Waals surface area contributed by atoms with Gasteiger partial charge in [-0.05, 0) is 33.6 Å². The zero-order valence-electron chi connectivity index (χ0n) is 11.2. The van der Waals surface area contributed by atoms with Gasteiger partial charge in [-0.2, -0.15) is 10.4 Å². The molecule has 0 bridgehead atoms. The van der Waals surface area contributed by atoms with E-state index in [1.54, 1.807) is 19.1 Å². The van der Waals surface area contributed by atoms with Gasteiger partial charge in [0, 0.05) is 6.92 Å². The third-order valence-corrected chi connectivity index (χ3v) is 3.09. The third-order valence-electron chi connectivity index (χ3n) is 2.49. The van der Waals surface area contributed by atoms with Crippen LogP contribution in [0.4, 0.5) is 5.88 Å². The molecule has 0 aliphatic carbocycles. The van der Waals surface area contributed by atoms with Gasteiger partial charge < -0.3 is 14.3 Å². The number of benzene rings is 1. The average Bonchev–Trinajstić information content (AvgIpc) is 2.82. The Morgan fingerprint density at radius 1 is 1.57 bits per heavy atom. The standard InChI is InChI=1S/C13H11BrN4O3/c1-7-17-10(5-15)13(21-7)18-16-6-8-3-9(14)12(19)11(4-8)20-2/h3-4,6,18-19H,1-2H3/b16-6-. The number of aryl methyl sites for hydroxylation is 1. The number of phenolic OH excluding ortho intramolecular Hbond substituents is 1. The van der Waals surface area contributed by atoms with E-state index in [-0.39, 0.29) is 17.3 Å². The number of rotatable bonds is 4. The average molecular weight is 351 g/mol. The molecule has 7 nitrogen and oxygen atoms in total. The van der Waals surface area contributed by atoms with E-state index in [1.807, 2.05) is 6.07 Å². The predicted molar refractivity (Wildman–Crippen MR) is 79.5 cm³/mol. The number of halogens is 1. The number of nitrogens with one attached hydrogen (secondary N) is 1. The Labute approximate surface area is 129 Å². The van der Waals surface area contributed by atoms with Crippen molar-refractivity contribution in [2.24, 2.45) is 5.10 Å². The molecule has 1 aromatic carbocycles. The molecule has 2 aromatic rings. The Balaban J connectivity index is 2.18. The van der Waals surface area contributed by atoms with Crippen LogP contribution in [0.25, 0.3) is 0 Å². The number of ether oxygens (including phenoxy) is 1. The number of oxazole rings is 1. The minimum Gasteiger partial charge on any atom is -0.503 e. The SMILES string of the molecule is COc1cc(/C=N\Nc2oc(C)nc2C#N)cc(Br)c1O. The molecule has 1 heterocycles. The number of anilines is 1. The van der Waals surface area contributed by atoms with Gasteiger partial charge in [0.1, 0.15) is 6.07 Å². The Hall–Kier alpha value is -2.53. The molecule has 21 heavy (non-hydrogen) atoms. The maximum Gasteiger partial charge on any atom is 0.252 e. The fourth-order valence-corrected chi connectivity index (χ4v) is 2.03. The van der Waals surface area contributed by atoms with Gasteiger partial charge in [0.2, 0.25) is 5.69 Å². The summed E-state index contributed by atoms with van der Waals surface area (Å²) in [5.41, 5.74) is 3.42. The van der Waals surface area contributed by atoms with Gasteiger partial charge in [-0.25, -0.2) is 10.4 Å². The van der Waals surface area contributed by atoms with Crippen LogP contribution in [0.1, 0.15) is 17.1 Å². The Kier molecular flexibility index (Phi) is 4.45. The number of nitriles is 1. The highest BCUT2D eigenvalue weighted by molar-refractivity contribution is 9.10. The molecule has 0 saturated heterocycles. The summed E-state index contributed by atoms with van der Waals surface area (Å²) >= 11 is 3.22. The quantitative estimate of drug-likeness (QED) is 0.648. The van der Waals surface area contributed by atoms with Gasteiger partial charge >= 0.3 is 0 Å². The second kappa shape index (κ2) is 6.28. The first-order valence-electron chi connectivity index (χ1n) is 5.78. The van der Waals surface area contributed by atoms with Crippen LogP contribution < -0.4 is 10.2 Å². The Bertz CT molecular complexity index is 734. The number of aromatic hydroxyl groups is 1. The van der Waals surface area contributed by atoms with Crippen LogP contribution in [-0.4, -0.2) is 23.4 Å².